The number of nitrogens with two attached hydrogens (primary N) is 1. The summed E-state index contributed by atoms with van der Waals surface area (Å²) < 4.78 is 5.25. The number of hydrogen-bond donors (Lipinski definition) is 1. The zero-order chi connectivity index (χ0) is 11.5. The number of para-hydroxylation sites is 2. The van der Waals surface area contributed by atoms with Gasteiger partial charge in [-0.1, -0.05) is 19.1 Å². The fourth-order valence-corrected chi connectivity index (χ4v) is 2.44. The summed E-state index contributed by atoms with van der Waals surface area (Å²) in [5.74, 6) is 1.28. The third kappa shape index (κ3) is 2.14. The Morgan fingerprint density at radius 2 is 2.12 bits per heavy atom. The Hall–Kier alpha value is -1.22. The van der Waals surface area contributed by atoms with Crippen LogP contribution in [0.25, 0.3) is 0 Å². The standard InChI is InChI=1S/C13H20N2O/c1-10-7-15(8-11(10)9-16-2)13-6-4-3-5-12(13)14/h3-6,10-11H,7-9,14H2,1-2H3/t10-,11-/m1/s1. The third-order valence-corrected chi connectivity index (χ3v) is 3.43. The smallest absolute Gasteiger partial charge is 0.0600 e. The maximum Gasteiger partial charge on any atom is 0.0600 e. The Labute approximate surface area is 97.2 Å². The van der Waals surface area contributed by atoms with Crippen LogP contribution in [0.15, 0.2) is 24.3 Å². The Balaban J connectivity index is 2.11. The molecule has 1 aromatic carbocycles. The monoisotopic (exact) mass is 220 g/mol. The predicted octanol–water partition coefficient (Wildman–Crippen LogP) is 1.99. The second-order valence-corrected chi connectivity index (χ2v) is 4.66. The molecule has 3 nitrogen and oxygen atoms in total. The van der Waals surface area contributed by atoms with Gasteiger partial charge in [0.1, 0.15) is 0 Å². The molecular weight excluding hydrogens is 200 g/mol. The van der Waals surface area contributed by atoms with Crippen LogP contribution in [-0.2, 0) is 4.74 Å². The molecule has 1 aliphatic heterocycles. The summed E-state index contributed by atoms with van der Waals surface area (Å²) in [7, 11) is 1.77. The Morgan fingerprint density at radius 1 is 1.38 bits per heavy atom. The average molecular weight is 220 g/mol. The fourth-order valence-electron chi connectivity index (χ4n) is 2.44. The summed E-state index contributed by atoms with van der Waals surface area (Å²) in [5.41, 5.74) is 8.02. The van der Waals surface area contributed by atoms with Gasteiger partial charge >= 0.3 is 0 Å². The molecule has 0 aromatic heterocycles. The first-order valence-corrected chi connectivity index (χ1v) is 5.80. The summed E-state index contributed by atoms with van der Waals surface area (Å²) in [6.07, 6.45) is 0. The molecule has 88 valence electrons. The normalized spacial score (nSPS) is 25.0. The first-order valence-electron chi connectivity index (χ1n) is 5.80. The summed E-state index contributed by atoms with van der Waals surface area (Å²) in [6.45, 7) is 5.23. The van der Waals surface area contributed by atoms with Crippen molar-refractivity contribution in [3.63, 3.8) is 0 Å². The molecule has 0 saturated carbocycles. The number of rotatable bonds is 3. The van der Waals surface area contributed by atoms with Crippen molar-refractivity contribution in [3.05, 3.63) is 24.3 Å². The van der Waals surface area contributed by atoms with Gasteiger partial charge in [0.2, 0.25) is 0 Å². The van der Waals surface area contributed by atoms with E-state index in [0.29, 0.717) is 11.8 Å². The molecule has 0 radical (unpaired) electrons. The van der Waals surface area contributed by atoms with E-state index in [1.54, 1.807) is 7.11 Å². The van der Waals surface area contributed by atoms with Crippen LogP contribution in [-0.4, -0.2) is 26.8 Å². The van der Waals surface area contributed by atoms with E-state index in [-0.39, 0.29) is 0 Å². The highest BCUT2D eigenvalue weighted by Crippen LogP contribution is 2.31. The van der Waals surface area contributed by atoms with E-state index in [1.165, 1.54) is 0 Å². The van der Waals surface area contributed by atoms with Crippen molar-refractivity contribution in [2.45, 2.75) is 6.92 Å². The highest BCUT2D eigenvalue weighted by molar-refractivity contribution is 5.67. The predicted molar refractivity (Wildman–Crippen MR) is 67.6 cm³/mol. The van der Waals surface area contributed by atoms with Crippen molar-refractivity contribution in [2.24, 2.45) is 11.8 Å². The van der Waals surface area contributed by atoms with E-state index in [1.807, 2.05) is 18.2 Å². The van der Waals surface area contributed by atoms with Crippen LogP contribution < -0.4 is 10.6 Å². The molecule has 1 fully saturated rings. The van der Waals surface area contributed by atoms with Gasteiger partial charge in [-0.05, 0) is 18.1 Å². The van der Waals surface area contributed by atoms with E-state index < -0.39 is 0 Å². The lowest BCUT2D eigenvalue weighted by Gasteiger charge is -2.20. The van der Waals surface area contributed by atoms with Crippen LogP contribution in [0.5, 0.6) is 0 Å². The minimum absolute atomic E-state index is 0.615. The third-order valence-electron chi connectivity index (χ3n) is 3.43. The van der Waals surface area contributed by atoms with Gasteiger partial charge in [0, 0.05) is 26.1 Å². The summed E-state index contributed by atoms with van der Waals surface area (Å²) in [6, 6.07) is 8.08. The van der Waals surface area contributed by atoms with Crippen molar-refractivity contribution in [3.8, 4) is 0 Å². The van der Waals surface area contributed by atoms with Gasteiger partial charge in [-0.15, -0.1) is 0 Å². The molecule has 1 aromatic rings. The van der Waals surface area contributed by atoms with Gasteiger partial charge in [-0.2, -0.15) is 0 Å². The summed E-state index contributed by atoms with van der Waals surface area (Å²) in [4.78, 5) is 2.36. The van der Waals surface area contributed by atoms with E-state index in [0.717, 1.165) is 31.1 Å². The summed E-state index contributed by atoms with van der Waals surface area (Å²) in [5, 5.41) is 0. The minimum atomic E-state index is 0.615. The van der Waals surface area contributed by atoms with Gasteiger partial charge in [-0.3, -0.25) is 0 Å². The van der Waals surface area contributed by atoms with Crippen LogP contribution in [0.1, 0.15) is 6.92 Å². The van der Waals surface area contributed by atoms with Crippen molar-refractivity contribution in [1.29, 1.82) is 0 Å². The topological polar surface area (TPSA) is 38.5 Å². The zero-order valence-corrected chi connectivity index (χ0v) is 10.0. The molecule has 0 spiro atoms. The Morgan fingerprint density at radius 3 is 2.81 bits per heavy atom. The van der Waals surface area contributed by atoms with Crippen LogP contribution in [0.2, 0.25) is 0 Å². The molecule has 1 heterocycles. The van der Waals surface area contributed by atoms with Crippen LogP contribution in [0.3, 0.4) is 0 Å². The Kier molecular flexibility index (Phi) is 3.34. The van der Waals surface area contributed by atoms with Crippen LogP contribution in [0, 0.1) is 11.8 Å². The fraction of sp³-hybridized carbons (Fsp3) is 0.538. The van der Waals surface area contributed by atoms with Gasteiger partial charge in [0.15, 0.2) is 0 Å². The number of nitrogens with zero attached hydrogens (tertiary/aromatic N) is 1. The number of methoxy groups -OCH3 is 1. The zero-order valence-electron chi connectivity index (χ0n) is 10.0. The molecule has 2 rings (SSSR count). The first kappa shape index (κ1) is 11.3. The Bertz CT molecular complexity index is 354. The van der Waals surface area contributed by atoms with Gasteiger partial charge in [0.25, 0.3) is 0 Å². The molecule has 1 saturated heterocycles. The van der Waals surface area contributed by atoms with Crippen molar-refractivity contribution in [1.82, 2.24) is 0 Å². The molecule has 0 bridgehead atoms. The lowest BCUT2D eigenvalue weighted by Crippen LogP contribution is -2.21. The first-order chi connectivity index (χ1) is 7.72. The average Bonchev–Trinajstić information content (AvgIpc) is 2.61. The lowest BCUT2D eigenvalue weighted by molar-refractivity contribution is 0.144. The van der Waals surface area contributed by atoms with E-state index in [9.17, 15) is 0 Å². The van der Waals surface area contributed by atoms with E-state index in [2.05, 4.69) is 17.9 Å². The second-order valence-electron chi connectivity index (χ2n) is 4.66. The highest BCUT2D eigenvalue weighted by Gasteiger charge is 2.30. The molecule has 16 heavy (non-hydrogen) atoms. The van der Waals surface area contributed by atoms with Gasteiger partial charge in [-0.25, -0.2) is 0 Å². The second kappa shape index (κ2) is 4.74. The quantitative estimate of drug-likeness (QED) is 0.792. The number of benzene rings is 1. The maximum atomic E-state index is 5.99. The number of hydrogen-bond acceptors (Lipinski definition) is 3. The van der Waals surface area contributed by atoms with Gasteiger partial charge < -0.3 is 15.4 Å². The molecule has 0 amide bonds. The molecule has 2 N–H and O–H groups in total. The maximum absolute atomic E-state index is 5.99. The summed E-state index contributed by atoms with van der Waals surface area (Å²) >= 11 is 0. The van der Waals surface area contributed by atoms with E-state index >= 15 is 0 Å². The molecule has 2 atom stereocenters. The number of nitrogen functional groups attached to an aromatic ring is 1. The molecular formula is C13H20N2O. The number of ether oxygens (including phenoxy) is 1. The largest absolute Gasteiger partial charge is 0.397 e. The van der Waals surface area contributed by atoms with Crippen molar-refractivity contribution in [2.75, 3.05) is 37.4 Å². The van der Waals surface area contributed by atoms with Crippen molar-refractivity contribution >= 4 is 11.4 Å². The highest BCUT2D eigenvalue weighted by atomic mass is 16.5. The SMILES string of the molecule is COC[C@H]1CN(c2ccccc2N)C[C@H]1C. The van der Waals surface area contributed by atoms with Gasteiger partial charge in [0.05, 0.1) is 18.0 Å². The van der Waals surface area contributed by atoms with Crippen LogP contribution >= 0.6 is 0 Å². The minimum Gasteiger partial charge on any atom is -0.397 e. The van der Waals surface area contributed by atoms with Crippen LogP contribution in [0.4, 0.5) is 11.4 Å². The van der Waals surface area contributed by atoms with E-state index in [4.69, 9.17) is 10.5 Å². The van der Waals surface area contributed by atoms with Crippen molar-refractivity contribution < 1.29 is 4.74 Å². The molecule has 1 aliphatic rings. The number of anilines is 2. The molecule has 0 unspecified atom stereocenters. The molecule has 3 heteroatoms. The molecule has 0 aliphatic carbocycles. The lowest BCUT2D eigenvalue weighted by atomic mass is 10.00.